The Morgan fingerprint density at radius 2 is 1.70 bits per heavy atom. The van der Waals surface area contributed by atoms with E-state index in [1.54, 1.807) is 0 Å². The predicted octanol–water partition coefficient (Wildman–Crippen LogP) is 5.80. The molecule has 3 heterocycles. The first-order valence-corrected chi connectivity index (χ1v) is 14.7. The smallest absolute Gasteiger partial charge is 0.410 e. The quantitative estimate of drug-likeness (QED) is 0.484. The van der Waals surface area contributed by atoms with Crippen molar-refractivity contribution >= 4 is 23.6 Å². The maximum atomic E-state index is 14.0. The van der Waals surface area contributed by atoms with E-state index in [0.717, 1.165) is 57.0 Å². The van der Waals surface area contributed by atoms with Gasteiger partial charge >= 0.3 is 6.09 Å². The van der Waals surface area contributed by atoms with E-state index in [4.69, 9.17) is 16.3 Å². The third-order valence-electron chi connectivity index (χ3n) is 9.95. The molecule has 0 unspecified atom stereocenters. The monoisotopic (exact) mass is 529 g/mol. The fourth-order valence-corrected chi connectivity index (χ4v) is 7.64. The average Bonchev–Trinajstić information content (AvgIpc) is 3.16. The first-order chi connectivity index (χ1) is 17.7. The molecule has 2 atom stereocenters. The van der Waals surface area contributed by atoms with Crippen LogP contribution in [-0.4, -0.2) is 78.6 Å². The molecule has 0 spiro atoms. The number of amides is 2. The third-order valence-corrected chi connectivity index (χ3v) is 10.2. The predicted molar refractivity (Wildman–Crippen MR) is 147 cm³/mol. The van der Waals surface area contributed by atoms with E-state index < -0.39 is 0 Å². The molecule has 6 nitrogen and oxygen atoms in total. The van der Waals surface area contributed by atoms with Crippen LogP contribution in [0.15, 0.2) is 24.3 Å². The van der Waals surface area contributed by atoms with Crippen molar-refractivity contribution in [3.05, 3.63) is 34.9 Å². The highest BCUT2D eigenvalue weighted by atomic mass is 35.5. The van der Waals surface area contributed by atoms with Gasteiger partial charge in [0, 0.05) is 43.0 Å². The first kappa shape index (κ1) is 26.8. The van der Waals surface area contributed by atoms with Crippen molar-refractivity contribution in [1.82, 2.24) is 14.7 Å². The molecular formula is C30H44ClN3O3. The number of halogens is 1. The molecule has 204 valence electrons. The van der Waals surface area contributed by atoms with Gasteiger partial charge in [0.1, 0.15) is 6.61 Å². The summed E-state index contributed by atoms with van der Waals surface area (Å²) in [7, 11) is 2.15. The lowest BCUT2D eigenvalue weighted by Gasteiger charge is -2.51. The molecule has 4 aliphatic rings. The number of rotatable bonds is 5. The van der Waals surface area contributed by atoms with Gasteiger partial charge in [-0.3, -0.25) is 9.69 Å². The van der Waals surface area contributed by atoms with Crippen molar-refractivity contribution in [3.8, 4) is 0 Å². The van der Waals surface area contributed by atoms with Gasteiger partial charge in [-0.05, 0) is 88.6 Å². The molecule has 3 aliphatic heterocycles. The number of likely N-dealkylation sites (tertiary alicyclic amines) is 2. The molecule has 0 N–H and O–H groups in total. The van der Waals surface area contributed by atoms with Crippen LogP contribution in [0.2, 0.25) is 5.02 Å². The fraction of sp³-hybridized carbons (Fsp3) is 0.733. The maximum Gasteiger partial charge on any atom is 0.410 e. The Morgan fingerprint density at radius 3 is 2.32 bits per heavy atom. The molecule has 37 heavy (non-hydrogen) atoms. The molecule has 1 aliphatic carbocycles. The highest BCUT2D eigenvalue weighted by Gasteiger charge is 2.50. The van der Waals surface area contributed by atoms with Crippen LogP contribution in [0, 0.1) is 17.3 Å². The summed E-state index contributed by atoms with van der Waals surface area (Å²) >= 11 is 6.16. The van der Waals surface area contributed by atoms with Crippen molar-refractivity contribution in [2.45, 2.75) is 76.7 Å². The molecule has 3 saturated heterocycles. The normalized spacial score (nSPS) is 28.8. The topological polar surface area (TPSA) is 53.1 Å². The molecule has 2 amide bonds. The van der Waals surface area contributed by atoms with E-state index in [9.17, 15) is 9.59 Å². The minimum absolute atomic E-state index is 0.00653. The van der Waals surface area contributed by atoms with Crippen LogP contribution in [0.3, 0.4) is 0 Å². The van der Waals surface area contributed by atoms with Crippen LogP contribution in [0.4, 0.5) is 4.79 Å². The van der Waals surface area contributed by atoms with Crippen LogP contribution in [0.5, 0.6) is 0 Å². The Kier molecular flexibility index (Phi) is 7.80. The Bertz CT molecular complexity index is 967. The standard InChI is InChI=1S/C30H44ClN3O3/c1-29(2)21-37-28(36)34(29)20-30(23-7-5-4-6-8-23)14-17-33(18-15-30)27(35)25-13-16-32(3)19-26(25)22-9-11-24(31)12-10-22/h9-12,23,25-26H,4-8,13-21H2,1-3H3/t25-,26+/m1/s1. The SMILES string of the molecule is CN1CC[C@@H](C(=O)N2CCC(CN3C(=O)OCC3(C)C)(C3CCCCC3)CC2)[C@H](c2ccc(Cl)cc2)C1. The van der Waals surface area contributed by atoms with Crippen molar-refractivity contribution in [2.75, 3.05) is 46.4 Å². The van der Waals surface area contributed by atoms with Gasteiger partial charge in [-0.25, -0.2) is 4.79 Å². The summed E-state index contributed by atoms with van der Waals surface area (Å²) in [5.74, 6) is 1.12. The summed E-state index contributed by atoms with van der Waals surface area (Å²) in [6, 6.07) is 8.07. The highest BCUT2D eigenvalue weighted by molar-refractivity contribution is 6.30. The Hall–Kier alpha value is -1.79. The van der Waals surface area contributed by atoms with Gasteiger partial charge in [0.2, 0.25) is 5.91 Å². The Balaban J connectivity index is 1.32. The first-order valence-electron chi connectivity index (χ1n) is 14.4. The number of benzene rings is 1. The lowest BCUT2D eigenvalue weighted by Crippen LogP contribution is -2.56. The number of hydrogen-bond donors (Lipinski definition) is 0. The molecule has 1 aromatic carbocycles. The second kappa shape index (κ2) is 10.8. The van der Waals surface area contributed by atoms with Crippen molar-refractivity contribution < 1.29 is 14.3 Å². The summed E-state index contributed by atoms with van der Waals surface area (Å²) in [6.07, 6.45) is 9.02. The summed E-state index contributed by atoms with van der Waals surface area (Å²) in [5.41, 5.74) is 1.00. The average molecular weight is 530 g/mol. The van der Waals surface area contributed by atoms with Crippen LogP contribution in [-0.2, 0) is 9.53 Å². The zero-order valence-electron chi connectivity index (χ0n) is 22.9. The van der Waals surface area contributed by atoms with Gasteiger partial charge in [0.15, 0.2) is 0 Å². The summed E-state index contributed by atoms with van der Waals surface area (Å²) in [6.45, 7) is 8.87. The molecule has 0 bridgehead atoms. The molecular weight excluding hydrogens is 486 g/mol. The van der Waals surface area contributed by atoms with Crippen LogP contribution in [0.25, 0.3) is 0 Å². The molecule has 1 aromatic rings. The van der Waals surface area contributed by atoms with Crippen LogP contribution in [0.1, 0.15) is 76.7 Å². The van der Waals surface area contributed by atoms with Crippen molar-refractivity contribution in [1.29, 1.82) is 0 Å². The van der Waals surface area contributed by atoms with Gasteiger partial charge in [-0.1, -0.05) is 43.0 Å². The van der Waals surface area contributed by atoms with Crippen molar-refractivity contribution in [3.63, 3.8) is 0 Å². The number of likely N-dealkylation sites (N-methyl/N-ethyl adjacent to an activating group) is 1. The van der Waals surface area contributed by atoms with Crippen LogP contribution < -0.4 is 0 Å². The molecule has 5 rings (SSSR count). The number of nitrogens with zero attached hydrogens (tertiary/aromatic N) is 3. The number of cyclic esters (lactones) is 1. The third kappa shape index (κ3) is 5.52. The summed E-state index contributed by atoms with van der Waals surface area (Å²) in [4.78, 5) is 33.2. The van der Waals surface area contributed by atoms with E-state index in [2.05, 4.69) is 42.8 Å². The number of carbonyl (C=O) groups excluding carboxylic acids is 2. The van der Waals surface area contributed by atoms with Gasteiger partial charge < -0.3 is 14.5 Å². The largest absolute Gasteiger partial charge is 0.447 e. The molecule has 1 saturated carbocycles. The Labute approximate surface area is 227 Å². The zero-order valence-corrected chi connectivity index (χ0v) is 23.6. The summed E-state index contributed by atoms with van der Waals surface area (Å²) < 4.78 is 5.47. The lowest BCUT2D eigenvalue weighted by atomic mass is 9.63. The molecule has 4 fully saturated rings. The number of piperidine rings is 2. The lowest BCUT2D eigenvalue weighted by molar-refractivity contribution is -0.141. The second-order valence-corrected chi connectivity index (χ2v) is 13.2. The van der Waals surface area contributed by atoms with Gasteiger partial charge in [-0.15, -0.1) is 0 Å². The van der Waals surface area contributed by atoms with Gasteiger partial charge in [-0.2, -0.15) is 0 Å². The van der Waals surface area contributed by atoms with E-state index in [1.807, 2.05) is 17.0 Å². The molecule has 0 aromatic heterocycles. The highest BCUT2D eigenvalue weighted by Crippen LogP contribution is 2.48. The van der Waals surface area contributed by atoms with E-state index >= 15 is 0 Å². The fourth-order valence-electron chi connectivity index (χ4n) is 7.51. The molecule has 0 radical (unpaired) electrons. The minimum atomic E-state index is -0.272. The van der Waals surface area contributed by atoms with Crippen LogP contribution >= 0.6 is 11.6 Å². The number of ether oxygens (including phenoxy) is 1. The van der Waals surface area contributed by atoms with E-state index in [-0.39, 0.29) is 28.9 Å². The van der Waals surface area contributed by atoms with Crippen molar-refractivity contribution in [2.24, 2.45) is 17.3 Å². The second-order valence-electron chi connectivity index (χ2n) is 12.8. The Morgan fingerprint density at radius 1 is 1.03 bits per heavy atom. The number of carbonyl (C=O) groups is 2. The minimum Gasteiger partial charge on any atom is -0.447 e. The van der Waals surface area contributed by atoms with Gasteiger partial charge in [0.05, 0.1) is 5.54 Å². The van der Waals surface area contributed by atoms with E-state index in [0.29, 0.717) is 18.4 Å². The van der Waals surface area contributed by atoms with E-state index in [1.165, 1.54) is 37.7 Å². The molecule has 7 heteroatoms. The number of hydrogen-bond acceptors (Lipinski definition) is 4. The zero-order chi connectivity index (χ0) is 26.2. The van der Waals surface area contributed by atoms with Gasteiger partial charge in [0.25, 0.3) is 0 Å². The summed E-state index contributed by atoms with van der Waals surface area (Å²) in [5, 5.41) is 0.732. The maximum absolute atomic E-state index is 14.0.